The van der Waals surface area contributed by atoms with Gasteiger partial charge in [-0.15, -0.1) is 0 Å². The van der Waals surface area contributed by atoms with Gasteiger partial charge < -0.3 is 0 Å². The van der Waals surface area contributed by atoms with Crippen molar-refractivity contribution >= 4 is 0 Å². The van der Waals surface area contributed by atoms with Crippen LogP contribution < -0.4 is 11.3 Å². The van der Waals surface area contributed by atoms with Gasteiger partial charge in [0.05, 0.1) is 0 Å². The summed E-state index contributed by atoms with van der Waals surface area (Å²) in [4.78, 5) is 0. The molecule has 1 fully saturated rings. The second-order valence-corrected chi connectivity index (χ2v) is 5.42. The summed E-state index contributed by atoms with van der Waals surface area (Å²) in [6.07, 6.45) is 7.76. The van der Waals surface area contributed by atoms with E-state index in [1.165, 1.54) is 36.8 Å². The number of aryl methyl sites for hydroxylation is 2. The lowest BCUT2D eigenvalue weighted by Gasteiger charge is -2.29. The number of hydrogen-bond donors (Lipinski definition) is 2. The zero-order valence-electron chi connectivity index (χ0n) is 10.8. The molecule has 0 bridgehead atoms. The monoisotopic (exact) mass is 232 g/mol. The molecule has 0 saturated heterocycles. The predicted molar refractivity (Wildman–Crippen MR) is 72.6 cm³/mol. The average molecular weight is 232 g/mol. The van der Waals surface area contributed by atoms with E-state index in [-0.39, 0.29) is 0 Å². The molecule has 1 aromatic rings. The Kier molecular flexibility index (Phi) is 4.57. The van der Waals surface area contributed by atoms with Crippen LogP contribution in [0.2, 0.25) is 0 Å². The largest absolute Gasteiger partial charge is 0.271 e. The maximum absolute atomic E-state index is 5.64. The third kappa shape index (κ3) is 3.83. The van der Waals surface area contributed by atoms with Gasteiger partial charge in [0.15, 0.2) is 0 Å². The van der Waals surface area contributed by atoms with E-state index < -0.39 is 0 Å². The fourth-order valence-corrected chi connectivity index (χ4v) is 2.50. The lowest BCUT2D eigenvalue weighted by molar-refractivity contribution is 0.255. The maximum Gasteiger partial charge on any atom is 0.0216 e. The first-order valence-electron chi connectivity index (χ1n) is 6.79. The van der Waals surface area contributed by atoms with E-state index in [0.29, 0.717) is 6.04 Å². The summed E-state index contributed by atoms with van der Waals surface area (Å²) >= 11 is 0. The highest BCUT2D eigenvalue weighted by Crippen LogP contribution is 2.31. The minimum atomic E-state index is 0.488. The molecule has 1 unspecified atom stereocenters. The fourth-order valence-electron chi connectivity index (χ4n) is 2.50. The Morgan fingerprint density at radius 1 is 1.29 bits per heavy atom. The first-order valence-corrected chi connectivity index (χ1v) is 6.79. The van der Waals surface area contributed by atoms with E-state index in [9.17, 15) is 0 Å². The van der Waals surface area contributed by atoms with Crippen LogP contribution in [0.1, 0.15) is 43.2 Å². The molecule has 0 heterocycles. The van der Waals surface area contributed by atoms with Gasteiger partial charge in [-0.05, 0) is 37.7 Å². The van der Waals surface area contributed by atoms with Gasteiger partial charge in [-0.25, -0.2) is 0 Å². The van der Waals surface area contributed by atoms with E-state index in [1.807, 2.05) is 0 Å². The van der Waals surface area contributed by atoms with Gasteiger partial charge in [-0.1, -0.05) is 49.1 Å². The molecule has 1 aliphatic carbocycles. The van der Waals surface area contributed by atoms with Crippen molar-refractivity contribution in [2.75, 3.05) is 0 Å². The molecule has 1 saturated carbocycles. The van der Waals surface area contributed by atoms with Crippen LogP contribution >= 0.6 is 0 Å². The Hall–Kier alpha value is -0.860. The number of hydrogen-bond acceptors (Lipinski definition) is 2. The summed E-state index contributed by atoms with van der Waals surface area (Å²) in [6, 6.07) is 9.32. The highest BCUT2D eigenvalue weighted by atomic mass is 15.2. The molecule has 1 aliphatic rings. The number of benzene rings is 1. The number of rotatable bonds is 6. The summed E-state index contributed by atoms with van der Waals surface area (Å²) in [5.74, 6) is 6.56. The molecule has 94 valence electrons. The summed E-state index contributed by atoms with van der Waals surface area (Å²) in [5.41, 5.74) is 5.73. The summed E-state index contributed by atoms with van der Waals surface area (Å²) in [6.45, 7) is 2.13. The molecule has 0 radical (unpaired) electrons. The van der Waals surface area contributed by atoms with E-state index in [1.54, 1.807) is 0 Å². The van der Waals surface area contributed by atoms with Crippen LogP contribution in [0, 0.1) is 12.8 Å². The molecular formula is C15H24N2. The molecule has 2 heteroatoms. The second kappa shape index (κ2) is 6.18. The second-order valence-electron chi connectivity index (χ2n) is 5.42. The van der Waals surface area contributed by atoms with E-state index in [2.05, 4.69) is 36.6 Å². The van der Waals surface area contributed by atoms with Crippen LogP contribution in [-0.4, -0.2) is 6.04 Å². The molecule has 17 heavy (non-hydrogen) atoms. The van der Waals surface area contributed by atoms with Gasteiger partial charge >= 0.3 is 0 Å². The third-order valence-corrected chi connectivity index (χ3v) is 3.98. The fraction of sp³-hybridized carbons (Fsp3) is 0.600. The van der Waals surface area contributed by atoms with Crippen LogP contribution in [0.4, 0.5) is 0 Å². The molecule has 2 rings (SSSR count). The molecule has 0 aliphatic heterocycles. The first kappa shape index (κ1) is 12.6. The minimum Gasteiger partial charge on any atom is -0.271 e. The standard InChI is InChI=1S/C15H24N2/c1-12-5-7-13(8-6-12)9-10-15(17-16)11-14-3-2-4-14/h5-8,14-15,17H,2-4,9-11,16H2,1H3. The Labute approximate surface area is 105 Å². The van der Waals surface area contributed by atoms with Crippen molar-refractivity contribution in [3.05, 3.63) is 35.4 Å². The summed E-state index contributed by atoms with van der Waals surface area (Å²) in [5, 5.41) is 0. The van der Waals surface area contributed by atoms with Crippen molar-refractivity contribution in [1.82, 2.24) is 5.43 Å². The van der Waals surface area contributed by atoms with Crippen molar-refractivity contribution in [1.29, 1.82) is 0 Å². The summed E-state index contributed by atoms with van der Waals surface area (Å²) < 4.78 is 0. The Morgan fingerprint density at radius 2 is 2.00 bits per heavy atom. The Morgan fingerprint density at radius 3 is 2.53 bits per heavy atom. The van der Waals surface area contributed by atoms with E-state index in [0.717, 1.165) is 18.8 Å². The van der Waals surface area contributed by atoms with E-state index in [4.69, 9.17) is 5.84 Å². The molecule has 0 spiro atoms. The Bertz CT molecular complexity index is 327. The molecule has 1 atom stereocenters. The zero-order chi connectivity index (χ0) is 12.1. The SMILES string of the molecule is Cc1ccc(CCC(CC2CCC2)NN)cc1. The average Bonchev–Trinajstić information content (AvgIpc) is 2.29. The normalized spacial score (nSPS) is 17.8. The molecule has 0 amide bonds. The quantitative estimate of drug-likeness (QED) is 0.584. The van der Waals surface area contributed by atoms with Crippen molar-refractivity contribution in [3.63, 3.8) is 0 Å². The highest BCUT2D eigenvalue weighted by Gasteiger charge is 2.21. The maximum atomic E-state index is 5.64. The number of hydrazine groups is 1. The smallest absolute Gasteiger partial charge is 0.0216 e. The summed E-state index contributed by atoms with van der Waals surface area (Å²) in [7, 11) is 0. The van der Waals surface area contributed by atoms with Crippen LogP contribution in [0.3, 0.4) is 0 Å². The minimum absolute atomic E-state index is 0.488. The van der Waals surface area contributed by atoms with Gasteiger partial charge in [0, 0.05) is 6.04 Å². The van der Waals surface area contributed by atoms with Crippen molar-refractivity contribution in [2.24, 2.45) is 11.8 Å². The van der Waals surface area contributed by atoms with E-state index >= 15 is 0 Å². The van der Waals surface area contributed by atoms with Crippen LogP contribution in [-0.2, 0) is 6.42 Å². The van der Waals surface area contributed by atoms with Gasteiger partial charge in [0.25, 0.3) is 0 Å². The molecule has 0 aromatic heterocycles. The topological polar surface area (TPSA) is 38.0 Å². The van der Waals surface area contributed by atoms with Crippen LogP contribution in [0.5, 0.6) is 0 Å². The van der Waals surface area contributed by atoms with Gasteiger partial charge in [-0.3, -0.25) is 11.3 Å². The molecule has 1 aromatic carbocycles. The molecule has 3 N–H and O–H groups in total. The van der Waals surface area contributed by atoms with Gasteiger partial charge in [0.2, 0.25) is 0 Å². The molecule has 2 nitrogen and oxygen atoms in total. The Balaban J connectivity index is 1.76. The van der Waals surface area contributed by atoms with Crippen LogP contribution in [0.15, 0.2) is 24.3 Å². The molecular weight excluding hydrogens is 208 g/mol. The van der Waals surface area contributed by atoms with Crippen molar-refractivity contribution in [3.8, 4) is 0 Å². The zero-order valence-corrected chi connectivity index (χ0v) is 10.8. The van der Waals surface area contributed by atoms with Crippen LogP contribution in [0.25, 0.3) is 0 Å². The van der Waals surface area contributed by atoms with Gasteiger partial charge in [0.1, 0.15) is 0 Å². The van der Waals surface area contributed by atoms with Crippen molar-refractivity contribution in [2.45, 2.75) is 51.5 Å². The third-order valence-electron chi connectivity index (χ3n) is 3.98. The number of nitrogens with one attached hydrogen (secondary N) is 1. The van der Waals surface area contributed by atoms with Crippen molar-refractivity contribution < 1.29 is 0 Å². The van der Waals surface area contributed by atoms with Gasteiger partial charge in [-0.2, -0.15) is 0 Å². The highest BCUT2D eigenvalue weighted by molar-refractivity contribution is 5.21. The first-order chi connectivity index (χ1) is 8.28. The predicted octanol–water partition coefficient (Wildman–Crippen LogP) is 2.95. The lowest BCUT2D eigenvalue weighted by Crippen LogP contribution is -2.38. The lowest BCUT2D eigenvalue weighted by atomic mass is 9.80. The number of nitrogens with two attached hydrogens (primary N) is 1.